The predicted octanol–water partition coefficient (Wildman–Crippen LogP) is 3.59. The van der Waals surface area contributed by atoms with Crippen molar-refractivity contribution in [3.8, 4) is 11.8 Å². The highest BCUT2D eigenvalue weighted by molar-refractivity contribution is 7.16. The van der Waals surface area contributed by atoms with E-state index < -0.39 is 0 Å². The van der Waals surface area contributed by atoms with Gasteiger partial charge < -0.3 is 5.32 Å². The molecular weight excluding hydrogens is 262 g/mol. The fourth-order valence-electron chi connectivity index (χ4n) is 1.52. The SMILES string of the molecule is Clc1ccc(CCNCC#Cc2ccccc2)s1. The van der Waals surface area contributed by atoms with E-state index in [-0.39, 0.29) is 0 Å². The van der Waals surface area contributed by atoms with Crippen LogP contribution in [-0.2, 0) is 6.42 Å². The second-order valence-corrected chi connectivity index (χ2v) is 5.60. The number of rotatable bonds is 4. The van der Waals surface area contributed by atoms with E-state index in [1.165, 1.54) is 4.88 Å². The van der Waals surface area contributed by atoms with Crippen LogP contribution in [0.15, 0.2) is 42.5 Å². The average molecular weight is 276 g/mol. The van der Waals surface area contributed by atoms with Crippen LogP contribution in [0.5, 0.6) is 0 Å². The summed E-state index contributed by atoms with van der Waals surface area (Å²) in [6.07, 6.45) is 1.00. The van der Waals surface area contributed by atoms with E-state index >= 15 is 0 Å². The third kappa shape index (κ3) is 4.54. The van der Waals surface area contributed by atoms with Crippen molar-refractivity contribution in [3.63, 3.8) is 0 Å². The molecule has 0 fully saturated rings. The minimum atomic E-state index is 0.716. The molecule has 3 heteroatoms. The molecule has 0 aliphatic carbocycles. The van der Waals surface area contributed by atoms with Crippen LogP contribution >= 0.6 is 22.9 Å². The Balaban J connectivity index is 1.66. The molecule has 2 aromatic rings. The van der Waals surface area contributed by atoms with Crippen LogP contribution in [0, 0.1) is 11.8 Å². The average Bonchev–Trinajstić information content (AvgIpc) is 2.81. The van der Waals surface area contributed by atoms with Crippen molar-refractivity contribution in [3.05, 3.63) is 57.2 Å². The van der Waals surface area contributed by atoms with Gasteiger partial charge in [0.1, 0.15) is 0 Å². The summed E-state index contributed by atoms with van der Waals surface area (Å²) in [4.78, 5) is 1.31. The summed E-state index contributed by atoms with van der Waals surface area (Å²) >= 11 is 7.50. The molecule has 0 saturated carbocycles. The monoisotopic (exact) mass is 275 g/mol. The minimum absolute atomic E-state index is 0.716. The van der Waals surface area contributed by atoms with Gasteiger partial charge in [0.25, 0.3) is 0 Å². The van der Waals surface area contributed by atoms with Gasteiger partial charge >= 0.3 is 0 Å². The van der Waals surface area contributed by atoms with Gasteiger partial charge in [0.2, 0.25) is 0 Å². The molecule has 18 heavy (non-hydrogen) atoms. The van der Waals surface area contributed by atoms with Crippen molar-refractivity contribution < 1.29 is 0 Å². The van der Waals surface area contributed by atoms with Gasteiger partial charge in [0.05, 0.1) is 10.9 Å². The van der Waals surface area contributed by atoms with Crippen molar-refractivity contribution in [1.82, 2.24) is 5.32 Å². The molecule has 2 rings (SSSR count). The molecule has 0 saturated heterocycles. The highest BCUT2D eigenvalue weighted by Crippen LogP contribution is 2.21. The molecule has 0 aliphatic heterocycles. The molecule has 92 valence electrons. The summed E-state index contributed by atoms with van der Waals surface area (Å²) in [6, 6.07) is 14.0. The highest BCUT2D eigenvalue weighted by atomic mass is 35.5. The van der Waals surface area contributed by atoms with Crippen LogP contribution in [0.25, 0.3) is 0 Å². The maximum Gasteiger partial charge on any atom is 0.0931 e. The molecule has 1 N–H and O–H groups in total. The number of hydrogen-bond donors (Lipinski definition) is 1. The second kappa shape index (κ2) is 7.23. The summed E-state index contributed by atoms with van der Waals surface area (Å²) in [5.74, 6) is 6.23. The number of thiophene rings is 1. The first-order chi connectivity index (χ1) is 8.84. The Kier molecular flexibility index (Phi) is 5.29. The van der Waals surface area contributed by atoms with Gasteiger partial charge in [-0.2, -0.15) is 0 Å². The lowest BCUT2D eigenvalue weighted by Gasteiger charge is -1.97. The summed E-state index contributed by atoms with van der Waals surface area (Å²) < 4.78 is 0.855. The Labute approximate surface area is 117 Å². The summed E-state index contributed by atoms with van der Waals surface area (Å²) in [7, 11) is 0. The molecule has 1 heterocycles. The number of halogens is 1. The molecule has 0 unspecified atom stereocenters. The summed E-state index contributed by atoms with van der Waals surface area (Å²) in [5, 5.41) is 3.30. The van der Waals surface area contributed by atoms with Crippen molar-refractivity contribution in [2.75, 3.05) is 13.1 Å². The van der Waals surface area contributed by atoms with E-state index in [1.807, 2.05) is 36.4 Å². The Bertz CT molecular complexity index is 536. The fourth-order valence-corrected chi connectivity index (χ4v) is 2.60. The van der Waals surface area contributed by atoms with E-state index in [9.17, 15) is 0 Å². The Morgan fingerprint density at radius 2 is 1.94 bits per heavy atom. The Morgan fingerprint density at radius 1 is 1.11 bits per heavy atom. The zero-order valence-electron chi connectivity index (χ0n) is 9.95. The molecule has 1 aromatic heterocycles. The molecule has 0 spiro atoms. The van der Waals surface area contributed by atoms with Gasteiger partial charge in [0, 0.05) is 17.0 Å². The first kappa shape index (κ1) is 13.2. The summed E-state index contributed by atoms with van der Waals surface area (Å²) in [6.45, 7) is 1.65. The van der Waals surface area contributed by atoms with Gasteiger partial charge in [-0.3, -0.25) is 0 Å². The van der Waals surface area contributed by atoms with Crippen molar-refractivity contribution in [1.29, 1.82) is 0 Å². The van der Waals surface area contributed by atoms with E-state index in [0.29, 0.717) is 6.54 Å². The van der Waals surface area contributed by atoms with Gasteiger partial charge in [-0.15, -0.1) is 11.3 Å². The molecule has 1 aromatic carbocycles. The number of nitrogens with one attached hydrogen (secondary N) is 1. The van der Waals surface area contributed by atoms with Crippen molar-refractivity contribution in [2.24, 2.45) is 0 Å². The second-order valence-electron chi connectivity index (χ2n) is 3.80. The zero-order valence-corrected chi connectivity index (χ0v) is 11.5. The molecule has 0 aliphatic rings. The molecule has 1 nitrogen and oxygen atoms in total. The maximum absolute atomic E-state index is 5.87. The molecule has 0 atom stereocenters. The third-order valence-electron chi connectivity index (χ3n) is 2.40. The fraction of sp³-hybridized carbons (Fsp3) is 0.200. The normalized spacial score (nSPS) is 9.83. The smallest absolute Gasteiger partial charge is 0.0931 e. The van der Waals surface area contributed by atoms with E-state index in [2.05, 4.69) is 23.2 Å². The van der Waals surface area contributed by atoms with Crippen molar-refractivity contribution >= 4 is 22.9 Å². The number of benzene rings is 1. The lowest BCUT2D eigenvalue weighted by atomic mass is 10.2. The molecule has 0 bridgehead atoms. The highest BCUT2D eigenvalue weighted by Gasteiger charge is 1.96. The lowest BCUT2D eigenvalue weighted by molar-refractivity contribution is 0.759. The van der Waals surface area contributed by atoms with Gasteiger partial charge in [-0.25, -0.2) is 0 Å². The first-order valence-electron chi connectivity index (χ1n) is 5.83. The van der Waals surface area contributed by atoms with E-state index in [1.54, 1.807) is 11.3 Å². The van der Waals surface area contributed by atoms with Crippen LogP contribution in [0.4, 0.5) is 0 Å². The van der Waals surface area contributed by atoms with Crippen LogP contribution in [0.1, 0.15) is 10.4 Å². The van der Waals surface area contributed by atoms with Crippen LogP contribution < -0.4 is 5.32 Å². The molecule has 0 amide bonds. The van der Waals surface area contributed by atoms with Gasteiger partial charge in [-0.05, 0) is 30.7 Å². The topological polar surface area (TPSA) is 12.0 Å². The van der Waals surface area contributed by atoms with Crippen molar-refractivity contribution in [2.45, 2.75) is 6.42 Å². The Hall–Kier alpha value is -1.27. The van der Waals surface area contributed by atoms with Crippen LogP contribution in [-0.4, -0.2) is 13.1 Å². The van der Waals surface area contributed by atoms with Crippen LogP contribution in [0.2, 0.25) is 4.34 Å². The maximum atomic E-state index is 5.87. The quantitative estimate of drug-likeness (QED) is 0.664. The molecule has 0 radical (unpaired) electrons. The zero-order chi connectivity index (χ0) is 12.6. The first-order valence-corrected chi connectivity index (χ1v) is 7.03. The third-order valence-corrected chi connectivity index (χ3v) is 3.69. The predicted molar refractivity (Wildman–Crippen MR) is 79.2 cm³/mol. The standard InChI is InChI=1S/C15H14ClNS/c16-15-9-8-14(18-15)10-12-17-11-4-7-13-5-2-1-3-6-13/h1-3,5-6,8-9,17H,10-12H2. The van der Waals surface area contributed by atoms with E-state index in [0.717, 1.165) is 22.9 Å². The number of hydrogen-bond acceptors (Lipinski definition) is 2. The van der Waals surface area contributed by atoms with E-state index in [4.69, 9.17) is 11.6 Å². The molecular formula is C15H14ClNS. The van der Waals surface area contributed by atoms with Gasteiger partial charge in [0.15, 0.2) is 0 Å². The summed E-state index contributed by atoms with van der Waals surface area (Å²) in [5.41, 5.74) is 1.06. The minimum Gasteiger partial charge on any atom is -0.306 e. The van der Waals surface area contributed by atoms with Crippen LogP contribution in [0.3, 0.4) is 0 Å². The van der Waals surface area contributed by atoms with Gasteiger partial charge in [-0.1, -0.05) is 41.6 Å². The lowest BCUT2D eigenvalue weighted by Crippen LogP contribution is -2.16. The largest absolute Gasteiger partial charge is 0.306 e. The Morgan fingerprint density at radius 3 is 2.67 bits per heavy atom.